The minimum Gasteiger partial charge on any atom is -0.381 e. The monoisotopic (exact) mass is 228 g/mol. The van der Waals surface area contributed by atoms with Crippen LogP contribution in [0.5, 0.6) is 0 Å². The maximum absolute atomic E-state index is 9.67. The van der Waals surface area contributed by atoms with Crippen molar-refractivity contribution in [3.05, 3.63) is 11.3 Å². The van der Waals surface area contributed by atoms with E-state index in [1.54, 1.807) is 0 Å². The molecule has 1 N–H and O–H groups in total. The Balaban J connectivity index is 2.42. The molecule has 0 amide bonds. The summed E-state index contributed by atoms with van der Waals surface area (Å²) in [5, 5.41) is 9.67. The van der Waals surface area contributed by atoms with Crippen LogP contribution in [0.2, 0.25) is 0 Å². The van der Waals surface area contributed by atoms with Crippen LogP contribution in [0.25, 0.3) is 0 Å². The zero-order valence-corrected chi connectivity index (χ0v) is 10.8. The van der Waals surface area contributed by atoms with E-state index in [-0.39, 0.29) is 0 Å². The largest absolute Gasteiger partial charge is 0.381 e. The summed E-state index contributed by atoms with van der Waals surface area (Å²) in [7, 11) is 6.15. The van der Waals surface area contributed by atoms with Crippen molar-refractivity contribution in [3.8, 4) is 0 Å². The van der Waals surface area contributed by atoms with E-state index in [2.05, 4.69) is 23.9 Å². The van der Waals surface area contributed by atoms with Gasteiger partial charge in [-0.05, 0) is 39.6 Å². The minimum absolute atomic E-state index is 0.510. The molecule has 15 heavy (non-hydrogen) atoms. The molecule has 86 valence electrons. The lowest BCUT2D eigenvalue weighted by molar-refractivity contribution is 0.212. The van der Waals surface area contributed by atoms with Crippen LogP contribution in [0.1, 0.15) is 13.3 Å². The molecule has 0 fully saturated rings. The quantitative estimate of drug-likeness (QED) is 0.707. The Bertz CT molecular complexity index is 286. The normalized spacial score (nSPS) is 20.9. The molecule has 1 aliphatic carbocycles. The molecule has 0 aromatic carbocycles. The van der Waals surface area contributed by atoms with Crippen molar-refractivity contribution in [2.24, 2.45) is 0 Å². The fourth-order valence-corrected chi connectivity index (χ4v) is 2.04. The average molecular weight is 228 g/mol. The van der Waals surface area contributed by atoms with Gasteiger partial charge >= 0.3 is 0 Å². The summed E-state index contributed by atoms with van der Waals surface area (Å²) < 4.78 is 0. The van der Waals surface area contributed by atoms with Crippen LogP contribution in [0.4, 0.5) is 0 Å². The second kappa shape index (κ2) is 5.05. The van der Waals surface area contributed by atoms with Crippen molar-refractivity contribution in [3.63, 3.8) is 0 Å². The average Bonchev–Trinajstić information content (AvgIpc) is 2.17. The molecule has 0 saturated heterocycles. The van der Waals surface area contributed by atoms with Crippen LogP contribution in [0, 0.1) is 0 Å². The Kier molecular flexibility index (Phi) is 4.25. The number of aliphatic hydroxyl groups excluding tert-OH is 1. The summed E-state index contributed by atoms with van der Waals surface area (Å²) in [5.74, 6) is 0. The Morgan fingerprint density at radius 2 is 1.87 bits per heavy atom. The Hall–Kier alpha value is -0.450. The first-order valence-electron chi connectivity index (χ1n) is 5.24. The van der Waals surface area contributed by atoms with Crippen LogP contribution in [0.3, 0.4) is 0 Å². The second-order valence-electron chi connectivity index (χ2n) is 4.36. The number of likely N-dealkylation sites (N-methyl/N-ethyl adjacent to an activating group) is 1. The Morgan fingerprint density at radius 1 is 1.27 bits per heavy atom. The number of nitrogens with zero attached hydrogens (tertiary/aromatic N) is 2. The van der Waals surface area contributed by atoms with Gasteiger partial charge in [-0.3, -0.25) is 0 Å². The van der Waals surface area contributed by atoms with E-state index < -0.39 is 6.10 Å². The van der Waals surface area contributed by atoms with E-state index in [1.807, 2.05) is 14.0 Å². The van der Waals surface area contributed by atoms with Crippen molar-refractivity contribution in [1.29, 1.82) is 0 Å². The molecular weight excluding hydrogens is 208 g/mol. The zero-order chi connectivity index (χ0) is 11.6. The van der Waals surface area contributed by atoms with Crippen LogP contribution in [0.15, 0.2) is 11.3 Å². The maximum Gasteiger partial charge on any atom is 0.129 e. The van der Waals surface area contributed by atoms with Gasteiger partial charge in [0.2, 0.25) is 0 Å². The summed E-state index contributed by atoms with van der Waals surface area (Å²) in [6, 6.07) is 0. The highest BCUT2D eigenvalue weighted by molar-refractivity contribution is 7.81. The van der Waals surface area contributed by atoms with Crippen LogP contribution in [-0.4, -0.2) is 60.1 Å². The molecule has 1 aliphatic rings. The van der Waals surface area contributed by atoms with Gasteiger partial charge in [-0.1, -0.05) is 12.2 Å². The Labute approximate surface area is 97.4 Å². The van der Waals surface area contributed by atoms with Gasteiger partial charge in [0.25, 0.3) is 0 Å². The highest BCUT2D eigenvalue weighted by atomic mass is 32.1. The lowest BCUT2D eigenvalue weighted by Crippen LogP contribution is -2.42. The van der Waals surface area contributed by atoms with Crippen molar-refractivity contribution in [2.75, 3.05) is 34.2 Å². The van der Waals surface area contributed by atoms with Crippen molar-refractivity contribution >= 4 is 17.1 Å². The first-order valence-corrected chi connectivity index (χ1v) is 5.65. The third kappa shape index (κ3) is 2.77. The number of hydrogen-bond acceptors (Lipinski definition) is 4. The molecule has 0 saturated carbocycles. The predicted molar refractivity (Wildman–Crippen MR) is 67.1 cm³/mol. The lowest BCUT2D eigenvalue weighted by Gasteiger charge is -2.36. The van der Waals surface area contributed by atoms with Gasteiger partial charge in [-0.15, -0.1) is 0 Å². The van der Waals surface area contributed by atoms with Gasteiger partial charge in [0.15, 0.2) is 0 Å². The topological polar surface area (TPSA) is 26.7 Å². The van der Waals surface area contributed by atoms with E-state index in [0.717, 1.165) is 30.8 Å². The van der Waals surface area contributed by atoms with Gasteiger partial charge < -0.3 is 14.9 Å². The fraction of sp³-hybridized carbons (Fsp3) is 0.727. The van der Waals surface area contributed by atoms with Crippen LogP contribution >= 0.6 is 12.2 Å². The van der Waals surface area contributed by atoms with Crippen molar-refractivity contribution < 1.29 is 5.11 Å². The summed E-state index contributed by atoms with van der Waals surface area (Å²) in [6.07, 6.45) is 0.587. The van der Waals surface area contributed by atoms with E-state index >= 15 is 0 Å². The SMILES string of the molecule is CC1=C(N(C)CCCN(C)C)C(O)C1=S. The zero-order valence-electron chi connectivity index (χ0n) is 9.95. The van der Waals surface area contributed by atoms with Crippen molar-refractivity contribution in [1.82, 2.24) is 9.80 Å². The first kappa shape index (κ1) is 12.6. The van der Waals surface area contributed by atoms with E-state index in [0.29, 0.717) is 4.86 Å². The lowest BCUT2D eigenvalue weighted by atomic mass is 9.91. The number of hydrogen-bond donors (Lipinski definition) is 1. The second-order valence-corrected chi connectivity index (χ2v) is 4.80. The van der Waals surface area contributed by atoms with Gasteiger partial charge in [0.1, 0.15) is 6.10 Å². The third-order valence-corrected chi connectivity index (χ3v) is 3.30. The number of aliphatic hydroxyl groups is 1. The molecule has 0 heterocycles. The molecule has 0 aliphatic heterocycles. The number of thiocarbonyl (C=S) groups is 1. The van der Waals surface area contributed by atoms with Crippen LogP contribution in [-0.2, 0) is 0 Å². The molecule has 4 heteroatoms. The van der Waals surface area contributed by atoms with Crippen molar-refractivity contribution in [2.45, 2.75) is 19.4 Å². The van der Waals surface area contributed by atoms with Gasteiger partial charge in [0.05, 0.1) is 10.6 Å². The standard InChI is InChI=1S/C11H20N2OS/c1-8-9(10(14)11(8)15)13(4)7-5-6-12(2)3/h10,14H,5-7H2,1-4H3. The van der Waals surface area contributed by atoms with Gasteiger partial charge in [0, 0.05) is 13.6 Å². The fourth-order valence-electron chi connectivity index (χ4n) is 1.82. The molecule has 0 aromatic heterocycles. The molecule has 0 bridgehead atoms. The molecule has 1 unspecified atom stereocenters. The molecule has 3 nitrogen and oxygen atoms in total. The summed E-state index contributed by atoms with van der Waals surface area (Å²) in [5.41, 5.74) is 2.07. The number of rotatable bonds is 5. The summed E-state index contributed by atoms with van der Waals surface area (Å²) in [4.78, 5) is 4.97. The van der Waals surface area contributed by atoms with E-state index in [1.165, 1.54) is 0 Å². The molecule has 0 spiro atoms. The molecule has 0 radical (unpaired) electrons. The smallest absolute Gasteiger partial charge is 0.129 e. The van der Waals surface area contributed by atoms with Crippen LogP contribution < -0.4 is 0 Å². The summed E-state index contributed by atoms with van der Waals surface area (Å²) >= 11 is 5.04. The van der Waals surface area contributed by atoms with E-state index in [4.69, 9.17) is 12.2 Å². The third-order valence-electron chi connectivity index (χ3n) is 2.77. The van der Waals surface area contributed by atoms with Gasteiger partial charge in [-0.2, -0.15) is 0 Å². The molecule has 1 rings (SSSR count). The highest BCUT2D eigenvalue weighted by Gasteiger charge is 2.32. The first-order chi connectivity index (χ1) is 6.95. The maximum atomic E-state index is 9.67. The Morgan fingerprint density at radius 3 is 2.33 bits per heavy atom. The summed E-state index contributed by atoms with van der Waals surface area (Å²) in [6.45, 7) is 4.01. The highest BCUT2D eigenvalue weighted by Crippen LogP contribution is 2.27. The minimum atomic E-state index is -0.510. The van der Waals surface area contributed by atoms with E-state index in [9.17, 15) is 5.11 Å². The van der Waals surface area contributed by atoms with Gasteiger partial charge in [-0.25, -0.2) is 0 Å². The molecular formula is C11H20N2OS. The molecule has 0 aromatic rings. The predicted octanol–water partition coefficient (Wildman–Crippen LogP) is 0.888. The molecule has 1 atom stereocenters.